The van der Waals surface area contributed by atoms with E-state index in [1.165, 1.54) is 17.4 Å². The van der Waals surface area contributed by atoms with Gasteiger partial charge in [-0.25, -0.2) is 0 Å². The Bertz CT molecular complexity index is 1100. The SMILES string of the molecule is CCCCc1nnc(NC(=O)/C(C#N)=C\c2cccn2-c2ccc(Cl)c(Cl)c2)s1. The summed E-state index contributed by atoms with van der Waals surface area (Å²) in [7, 11) is 0. The van der Waals surface area contributed by atoms with Gasteiger partial charge in [-0.1, -0.05) is 47.9 Å². The summed E-state index contributed by atoms with van der Waals surface area (Å²) < 4.78 is 1.81. The Hall–Kier alpha value is -2.66. The number of amides is 1. The van der Waals surface area contributed by atoms with E-state index in [4.69, 9.17) is 23.2 Å². The van der Waals surface area contributed by atoms with Crippen molar-refractivity contribution in [3.63, 3.8) is 0 Å². The minimum atomic E-state index is -0.535. The molecule has 3 rings (SSSR count). The van der Waals surface area contributed by atoms with Crippen molar-refractivity contribution in [2.75, 3.05) is 5.32 Å². The number of carbonyl (C=O) groups excluding carboxylic acids is 1. The van der Waals surface area contributed by atoms with E-state index in [9.17, 15) is 10.1 Å². The molecule has 1 amide bonds. The molecule has 0 fully saturated rings. The monoisotopic (exact) mass is 445 g/mol. The number of hydrogen-bond acceptors (Lipinski definition) is 5. The van der Waals surface area contributed by atoms with E-state index in [0.29, 0.717) is 20.9 Å². The normalized spacial score (nSPS) is 11.3. The molecule has 1 N–H and O–H groups in total. The minimum absolute atomic E-state index is 0.0460. The molecule has 0 unspecified atom stereocenters. The van der Waals surface area contributed by atoms with Gasteiger partial charge < -0.3 is 4.57 Å². The van der Waals surface area contributed by atoms with Crippen LogP contribution in [-0.4, -0.2) is 20.7 Å². The van der Waals surface area contributed by atoms with Crippen LogP contribution in [0.4, 0.5) is 5.13 Å². The lowest BCUT2D eigenvalue weighted by Gasteiger charge is -2.08. The fourth-order valence-corrected chi connectivity index (χ4v) is 3.64. The number of aryl methyl sites for hydroxylation is 1. The number of rotatable bonds is 7. The molecule has 29 heavy (non-hydrogen) atoms. The first kappa shape index (κ1) is 21.1. The van der Waals surface area contributed by atoms with Gasteiger partial charge in [0, 0.05) is 24.0 Å². The zero-order valence-corrected chi connectivity index (χ0v) is 17.9. The second-order valence-corrected chi connectivity index (χ2v) is 8.01. The zero-order chi connectivity index (χ0) is 20.8. The van der Waals surface area contributed by atoms with Crippen molar-refractivity contribution in [1.29, 1.82) is 5.26 Å². The smallest absolute Gasteiger partial charge is 0.268 e. The van der Waals surface area contributed by atoms with Crippen LogP contribution in [0.5, 0.6) is 0 Å². The highest BCUT2D eigenvalue weighted by Gasteiger charge is 2.14. The third kappa shape index (κ3) is 5.24. The van der Waals surface area contributed by atoms with Gasteiger partial charge in [0.2, 0.25) is 5.13 Å². The quantitative estimate of drug-likeness (QED) is 0.382. The lowest BCUT2D eigenvalue weighted by atomic mass is 10.2. The van der Waals surface area contributed by atoms with Gasteiger partial charge in [-0.2, -0.15) is 5.26 Å². The summed E-state index contributed by atoms with van der Waals surface area (Å²) in [6.45, 7) is 2.10. The van der Waals surface area contributed by atoms with Crippen LogP contribution in [0.1, 0.15) is 30.5 Å². The molecule has 0 aliphatic rings. The maximum atomic E-state index is 12.5. The Morgan fingerprint density at radius 3 is 2.86 bits per heavy atom. The van der Waals surface area contributed by atoms with Crippen LogP contribution in [0.15, 0.2) is 42.1 Å². The third-order valence-corrected chi connectivity index (χ3v) is 5.69. The van der Waals surface area contributed by atoms with E-state index >= 15 is 0 Å². The van der Waals surface area contributed by atoms with Crippen molar-refractivity contribution in [3.8, 4) is 11.8 Å². The summed E-state index contributed by atoms with van der Waals surface area (Å²) in [6.07, 6.45) is 6.21. The largest absolute Gasteiger partial charge is 0.317 e. The molecule has 2 aromatic heterocycles. The first-order valence-electron chi connectivity index (χ1n) is 8.90. The van der Waals surface area contributed by atoms with Gasteiger partial charge in [-0.05, 0) is 42.8 Å². The zero-order valence-electron chi connectivity index (χ0n) is 15.5. The second kappa shape index (κ2) is 9.70. The summed E-state index contributed by atoms with van der Waals surface area (Å²) in [5.74, 6) is -0.535. The third-order valence-electron chi connectivity index (χ3n) is 4.05. The molecule has 2 heterocycles. The lowest BCUT2D eigenvalue weighted by molar-refractivity contribution is -0.112. The van der Waals surface area contributed by atoms with Crippen LogP contribution >= 0.6 is 34.5 Å². The molecular formula is C20H17Cl2N5OS. The van der Waals surface area contributed by atoms with Crippen molar-refractivity contribution in [2.45, 2.75) is 26.2 Å². The van der Waals surface area contributed by atoms with E-state index in [2.05, 4.69) is 22.4 Å². The molecular weight excluding hydrogens is 429 g/mol. The number of nitrogens with zero attached hydrogens (tertiary/aromatic N) is 4. The maximum Gasteiger partial charge on any atom is 0.268 e. The number of anilines is 1. The molecule has 3 aromatic rings. The number of halogens is 2. The van der Waals surface area contributed by atoms with E-state index in [-0.39, 0.29) is 5.57 Å². The first-order valence-corrected chi connectivity index (χ1v) is 10.5. The minimum Gasteiger partial charge on any atom is -0.317 e. The fraction of sp³-hybridized carbons (Fsp3) is 0.200. The van der Waals surface area contributed by atoms with Gasteiger partial charge >= 0.3 is 0 Å². The van der Waals surface area contributed by atoms with Crippen LogP contribution in [-0.2, 0) is 11.2 Å². The molecule has 0 aliphatic heterocycles. The Kier molecular flexibility index (Phi) is 7.04. The summed E-state index contributed by atoms with van der Waals surface area (Å²) >= 11 is 13.4. The number of nitrogens with one attached hydrogen (secondary N) is 1. The summed E-state index contributed by atoms with van der Waals surface area (Å²) in [6, 6.07) is 10.8. The van der Waals surface area contributed by atoms with Gasteiger partial charge in [0.1, 0.15) is 16.6 Å². The molecule has 0 atom stereocenters. The van der Waals surface area contributed by atoms with Crippen LogP contribution in [0, 0.1) is 11.3 Å². The van der Waals surface area contributed by atoms with Crippen LogP contribution in [0.3, 0.4) is 0 Å². The highest BCUT2D eigenvalue weighted by atomic mass is 35.5. The Morgan fingerprint density at radius 2 is 2.14 bits per heavy atom. The van der Waals surface area contributed by atoms with Crippen molar-refractivity contribution in [1.82, 2.24) is 14.8 Å². The van der Waals surface area contributed by atoms with Gasteiger partial charge in [-0.15, -0.1) is 10.2 Å². The van der Waals surface area contributed by atoms with E-state index < -0.39 is 5.91 Å². The van der Waals surface area contributed by atoms with E-state index in [0.717, 1.165) is 30.0 Å². The molecule has 0 bridgehead atoms. The van der Waals surface area contributed by atoms with Crippen LogP contribution < -0.4 is 5.32 Å². The van der Waals surface area contributed by atoms with Crippen molar-refractivity contribution in [2.24, 2.45) is 0 Å². The van der Waals surface area contributed by atoms with Crippen molar-refractivity contribution >= 4 is 51.7 Å². The van der Waals surface area contributed by atoms with Gasteiger partial charge in [0.25, 0.3) is 5.91 Å². The molecule has 0 saturated heterocycles. The standard InChI is InChI=1S/C20H17Cl2N5OS/c1-2-3-6-18-25-26-20(29-18)24-19(28)13(12-23)10-14-5-4-9-27(14)15-7-8-16(21)17(22)11-15/h4-5,7-11H,2-3,6H2,1H3,(H,24,26,28)/b13-10-. The second-order valence-electron chi connectivity index (χ2n) is 6.13. The predicted octanol–water partition coefficient (Wildman–Crippen LogP) is 5.52. The number of benzene rings is 1. The molecule has 6 nitrogen and oxygen atoms in total. The average molecular weight is 446 g/mol. The Morgan fingerprint density at radius 1 is 1.31 bits per heavy atom. The van der Waals surface area contributed by atoms with Crippen LogP contribution in [0.2, 0.25) is 10.0 Å². The van der Waals surface area contributed by atoms with E-state index in [1.54, 1.807) is 28.8 Å². The molecule has 0 saturated carbocycles. The maximum absolute atomic E-state index is 12.5. The van der Waals surface area contributed by atoms with Crippen LogP contribution in [0.25, 0.3) is 11.8 Å². The molecule has 0 aliphatic carbocycles. The Labute approximate surface area is 182 Å². The summed E-state index contributed by atoms with van der Waals surface area (Å²) in [5.41, 5.74) is 1.37. The van der Waals surface area contributed by atoms with Gasteiger partial charge in [0.05, 0.1) is 10.0 Å². The molecule has 9 heteroatoms. The number of aromatic nitrogens is 3. The summed E-state index contributed by atoms with van der Waals surface area (Å²) in [4.78, 5) is 12.5. The molecule has 0 spiro atoms. The Balaban J connectivity index is 1.81. The topological polar surface area (TPSA) is 83.6 Å². The fourth-order valence-electron chi connectivity index (χ4n) is 2.58. The van der Waals surface area contributed by atoms with Gasteiger partial charge in [0.15, 0.2) is 0 Å². The van der Waals surface area contributed by atoms with E-state index in [1.807, 2.05) is 18.3 Å². The number of hydrogen-bond donors (Lipinski definition) is 1. The van der Waals surface area contributed by atoms with Gasteiger partial charge in [-0.3, -0.25) is 10.1 Å². The molecule has 148 valence electrons. The predicted molar refractivity (Wildman–Crippen MR) is 117 cm³/mol. The number of nitriles is 1. The number of carbonyl (C=O) groups is 1. The molecule has 1 aromatic carbocycles. The number of unbranched alkanes of at least 4 members (excludes halogenated alkanes) is 1. The highest BCUT2D eigenvalue weighted by molar-refractivity contribution is 7.15. The molecule has 0 radical (unpaired) electrons. The lowest BCUT2D eigenvalue weighted by Crippen LogP contribution is -2.13. The van der Waals surface area contributed by atoms with Crippen molar-refractivity contribution < 1.29 is 4.79 Å². The highest BCUT2D eigenvalue weighted by Crippen LogP contribution is 2.26. The summed E-state index contributed by atoms with van der Waals surface area (Å²) in [5, 5.41) is 22.3. The van der Waals surface area contributed by atoms with Crippen molar-refractivity contribution in [3.05, 3.63) is 62.8 Å². The first-order chi connectivity index (χ1) is 14.0. The average Bonchev–Trinajstić information content (AvgIpc) is 3.35.